The number of fused-ring (bicyclic) bond motifs is 1. The Labute approximate surface area is 165 Å². The van der Waals surface area contributed by atoms with Crippen LogP contribution >= 0.6 is 11.6 Å². The molecule has 1 saturated heterocycles. The number of amides is 1. The summed E-state index contributed by atoms with van der Waals surface area (Å²) in [5.41, 5.74) is -0.955. The average Bonchev–Trinajstić information content (AvgIpc) is 2.69. The summed E-state index contributed by atoms with van der Waals surface area (Å²) >= 11 is 5.71. The number of hydrogen-bond acceptors (Lipinski definition) is 7. The third-order valence-corrected chi connectivity index (χ3v) is 5.63. The van der Waals surface area contributed by atoms with Gasteiger partial charge in [0.1, 0.15) is 21.5 Å². The molecule has 1 fully saturated rings. The molecule has 1 unspecified atom stereocenters. The van der Waals surface area contributed by atoms with Crippen molar-refractivity contribution in [3.63, 3.8) is 0 Å². The Hall–Kier alpha value is -3.11. The molecule has 1 aromatic rings. The second kappa shape index (κ2) is 7.49. The molecule has 0 spiro atoms. The fraction of sp³-hybridized carbons (Fsp3) is 0.118. The van der Waals surface area contributed by atoms with Gasteiger partial charge in [0.05, 0.1) is 23.9 Å². The molecule has 2 atom stereocenters. The summed E-state index contributed by atoms with van der Waals surface area (Å²) in [5.74, 6) is -3.37. The van der Waals surface area contributed by atoms with Gasteiger partial charge in [0, 0.05) is 6.20 Å². The third kappa shape index (κ3) is 3.16. The predicted octanol–water partition coefficient (Wildman–Crippen LogP) is 0.557. The van der Waals surface area contributed by atoms with Crippen molar-refractivity contribution in [1.82, 2.24) is 9.88 Å². The van der Waals surface area contributed by atoms with Crippen LogP contribution in [0.1, 0.15) is 5.69 Å². The standard InChI is InChI=1S/C17H11ClN2O7S/c1-27-16(24)11(18)7-9-12(15(22)23)20-13(21)10(14(20)28(26)17(9)25)6-8-4-2-3-5-19-8/h2-7,14H,1H3,(H,22,23)/b10-6-,11-7-/t14-,28?/m0/s1. The van der Waals surface area contributed by atoms with E-state index < -0.39 is 55.4 Å². The highest BCUT2D eigenvalue weighted by atomic mass is 35.5. The van der Waals surface area contributed by atoms with E-state index in [2.05, 4.69) is 9.72 Å². The van der Waals surface area contributed by atoms with E-state index in [1.165, 1.54) is 12.3 Å². The quantitative estimate of drug-likeness (QED) is 0.423. The number of carbonyl (C=O) groups is 4. The molecule has 3 rings (SSSR count). The monoisotopic (exact) mass is 422 g/mol. The number of allylic oxidation sites excluding steroid dienone is 1. The number of aliphatic carboxylic acids is 1. The number of methoxy groups -OCH3 is 1. The van der Waals surface area contributed by atoms with Gasteiger partial charge in [-0.25, -0.2) is 13.8 Å². The Morgan fingerprint density at radius 2 is 2.07 bits per heavy atom. The zero-order valence-corrected chi connectivity index (χ0v) is 15.7. The summed E-state index contributed by atoms with van der Waals surface area (Å²) < 4.78 is 17.0. The topological polar surface area (TPSA) is 131 Å². The van der Waals surface area contributed by atoms with Crippen LogP contribution in [0, 0.1) is 0 Å². The first-order valence-electron chi connectivity index (χ1n) is 7.62. The smallest absolute Gasteiger partial charge is 0.353 e. The van der Waals surface area contributed by atoms with Gasteiger partial charge < -0.3 is 9.84 Å². The Balaban J connectivity index is 2.11. The largest absolute Gasteiger partial charge is 0.477 e. The summed E-state index contributed by atoms with van der Waals surface area (Å²) in [6.45, 7) is 0. The first-order valence-corrected chi connectivity index (χ1v) is 9.21. The molecule has 9 nitrogen and oxygen atoms in total. The predicted molar refractivity (Wildman–Crippen MR) is 96.6 cm³/mol. The van der Waals surface area contributed by atoms with Crippen molar-refractivity contribution < 1.29 is 33.2 Å². The fourth-order valence-corrected chi connectivity index (χ4v) is 4.23. The normalized spacial score (nSPS) is 23.4. The summed E-state index contributed by atoms with van der Waals surface area (Å²) in [4.78, 5) is 53.0. The molecular weight excluding hydrogens is 412 g/mol. The van der Waals surface area contributed by atoms with Crippen LogP contribution in [0.5, 0.6) is 0 Å². The van der Waals surface area contributed by atoms with Gasteiger partial charge in [0.2, 0.25) is 0 Å². The molecule has 0 aromatic carbocycles. The number of carboxylic acids is 1. The Bertz CT molecular complexity index is 1030. The lowest BCUT2D eigenvalue weighted by atomic mass is 10.0. The molecule has 144 valence electrons. The highest BCUT2D eigenvalue weighted by molar-refractivity contribution is 8.01. The van der Waals surface area contributed by atoms with E-state index in [1.807, 2.05) is 0 Å². The van der Waals surface area contributed by atoms with Gasteiger partial charge in [0.15, 0.2) is 5.37 Å². The van der Waals surface area contributed by atoms with Gasteiger partial charge in [0.25, 0.3) is 11.0 Å². The van der Waals surface area contributed by atoms with E-state index in [9.17, 15) is 28.5 Å². The second-order valence-electron chi connectivity index (χ2n) is 5.52. The van der Waals surface area contributed by atoms with Crippen molar-refractivity contribution in [2.45, 2.75) is 5.37 Å². The van der Waals surface area contributed by atoms with Crippen LogP contribution in [0.25, 0.3) is 6.08 Å². The molecule has 0 saturated carbocycles. The number of hydrogen-bond donors (Lipinski definition) is 1. The number of carbonyl (C=O) groups excluding carboxylic acids is 3. The number of aromatic nitrogens is 1. The van der Waals surface area contributed by atoms with Gasteiger partial charge >= 0.3 is 11.9 Å². The molecule has 11 heteroatoms. The van der Waals surface area contributed by atoms with Crippen molar-refractivity contribution in [2.24, 2.45) is 0 Å². The van der Waals surface area contributed by atoms with Gasteiger partial charge in [-0.1, -0.05) is 17.7 Å². The Morgan fingerprint density at radius 1 is 1.36 bits per heavy atom. The summed E-state index contributed by atoms with van der Waals surface area (Å²) in [6, 6.07) is 4.92. The van der Waals surface area contributed by atoms with E-state index in [4.69, 9.17) is 11.6 Å². The second-order valence-corrected chi connectivity index (χ2v) is 7.34. The Kier molecular flexibility index (Phi) is 5.25. The molecule has 2 aliphatic rings. The van der Waals surface area contributed by atoms with E-state index in [-0.39, 0.29) is 5.57 Å². The fourth-order valence-electron chi connectivity index (χ4n) is 2.67. The highest BCUT2D eigenvalue weighted by Crippen LogP contribution is 2.40. The number of ether oxygens (including phenoxy) is 1. The zero-order chi connectivity index (χ0) is 20.6. The Morgan fingerprint density at radius 3 is 2.64 bits per heavy atom. The molecule has 0 bridgehead atoms. The molecule has 2 aliphatic heterocycles. The molecule has 1 amide bonds. The highest BCUT2D eigenvalue weighted by Gasteiger charge is 2.55. The number of esters is 1. The number of rotatable bonds is 4. The van der Waals surface area contributed by atoms with E-state index in [0.29, 0.717) is 5.69 Å². The van der Waals surface area contributed by atoms with Crippen LogP contribution in [0.4, 0.5) is 0 Å². The summed E-state index contributed by atoms with van der Waals surface area (Å²) in [7, 11) is -1.27. The van der Waals surface area contributed by atoms with Crippen LogP contribution in [-0.2, 0) is 34.7 Å². The third-order valence-electron chi connectivity index (χ3n) is 3.91. The maximum Gasteiger partial charge on any atom is 0.353 e. The van der Waals surface area contributed by atoms with Crippen LogP contribution in [0.15, 0.2) is 52.3 Å². The van der Waals surface area contributed by atoms with Crippen LogP contribution < -0.4 is 0 Å². The summed E-state index contributed by atoms with van der Waals surface area (Å²) in [6.07, 6.45) is 3.56. The maximum absolute atomic E-state index is 12.6. The van der Waals surface area contributed by atoms with Gasteiger partial charge in [-0.2, -0.15) is 0 Å². The number of carboxylic acid groups (broad SMARTS) is 1. The minimum Gasteiger partial charge on any atom is -0.477 e. The van der Waals surface area contributed by atoms with E-state index in [1.54, 1.807) is 18.2 Å². The molecule has 0 aliphatic carbocycles. The van der Waals surface area contributed by atoms with E-state index in [0.717, 1.165) is 18.1 Å². The van der Waals surface area contributed by atoms with Gasteiger partial charge in [-0.05, 0) is 24.3 Å². The van der Waals surface area contributed by atoms with Crippen molar-refractivity contribution in [3.05, 3.63) is 58.0 Å². The van der Waals surface area contributed by atoms with Crippen LogP contribution in [0.2, 0.25) is 0 Å². The maximum atomic E-state index is 12.6. The molecule has 28 heavy (non-hydrogen) atoms. The molecule has 3 heterocycles. The minimum atomic E-state index is -2.30. The van der Waals surface area contributed by atoms with E-state index >= 15 is 0 Å². The molecular formula is C17H11ClN2O7S. The lowest BCUT2D eigenvalue weighted by Crippen LogP contribution is -2.61. The molecule has 0 radical (unpaired) electrons. The lowest BCUT2D eigenvalue weighted by molar-refractivity contribution is -0.142. The molecule has 1 N–H and O–H groups in total. The van der Waals surface area contributed by atoms with Crippen molar-refractivity contribution >= 4 is 51.4 Å². The van der Waals surface area contributed by atoms with Crippen LogP contribution in [-0.4, -0.2) is 54.6 Å². The SMILES string of the molecule is COC(=O)/C(Cl)=C/C1=C(C(=O)O)N2C(=O)/C(=C/c3ccccn3)[C@@H]2S(=O)C1=O. The average molecular weight is 423 g/mol. The molecule has 1 aromatic heterocycles. The number of nitrogens with zero attached hydrogens (tertiary/aromatic N) is 2. The minimum absolute atomic E-state index is 0.00812. The number of β-lactam (4-membered cyclic amide) rings is 1. The van der Waals surface area contributed by atoms with Crippen molar-refractivity contribution in [1.29, 1.82) is 0 Å². The van der Waals surface area contributed by atoms with Crippen LogP contribution in [0.3, 0.4) is 0 Å². The van der Waals surface area contributed by atoms with Crippen molar-refractivity contribution in [3.8, 4) is 0 Å². The number of pyridine rings is 1. The summed E-state index contributed by atoms with van der Waals surface area (Å²) in [5, 5.41) is 6.58. The van der Waals surface area contributed by atoms with Gasteiger partial charge in [-0.3, -0.25) is 19.5 Å². The first kappa shape index (κ1) is 19.6. The number of halogens is 1. The van der Waals surface area contributed by atoms with Crippen molar-refractivity contribution in [2.75, 3.05) is 7.11 Å². The van der Waals surface area contributed by atoms with Gasteiger partial charge in [-0.15, -0.1) is 0 Å². The zero-order valence-electron chi connectivity index (χ0n) is 14.1. The first-order chi connectivity index (χ1) is 13.3. The lowest BCUT2D eigenvalue weighted by Gasteiger charge is -2.44.